The third kappa shape index (κ3) is 2.05. The molecule has 0 saturated carbocycles. The quantitative estimate of drug-likeness (QED) is 0.735. The second-order valence-electron chi connectivity index (χ2n) is 5.53. The van der Waals surface area contributed by atoms with Gasteiger partial charge in [0.05, 0.1) is 17.4 Å². The first-order valence-electron chi connectivity index (χ1n) is 7.31. The summed E-state index contributed by atoms with van der Waals surface area (Å²) >= 11 is 0. The van der Waals surface area contributed by atoms with Crippen LogP contribution in [0.15, 0.2) is 24.3 Å². The van der Waals surface area contributed by atoms with Crippen LogP contribution in [0, 0.1) is 5.82 Å². The molecule has 2 aliphatic heterocycles. The number of piperazine rings is 1. The highest BCUT2D eigenvalue weighted by atomic mass is 19.1. The van der Waals surface area contributed by atoms with Crippen LogP contribution in [0.2, 0.25) is 0 Å². The molecule has 2 aromatic rings. The van der Waals surface area contributed by atoms with Gasteiger partial charge in [0.15, 0.2) is 17.4 Å². The average Bonchev–Trinajstić information content (AvgIpc) is 2.57. The summed E-state index contributed by atoms with van der Waals surface area (Å²) in [5.41, 5.74) is 1.77. The number of fused-ring (bicyclic) bond motifs is 3. The summed E-state index contributed by atoms with van der Waals surface area (Å²) in [6, 6.07) is 6.64. The molecule has 1 aromatic heterocycles. The summed E-state index contributed by atoms with van der Waals surface area (Å²) in [4.78, 5) is 2.29. The molecule has 1 atom stereocenters. The zero-order valence-corrected chi connectivity index (χ0v) is 11.9. The molecular formula is C15H16FN5O. The fraction of sp³-hybridized carbons (Fsp3) is 0.333. The van der Waals surface area contributed by atoms with Crippen molar-refractivity contribution in [2.45, 2.75) is 6.04 Å². The van der Waals surface area contributed by atoms with E-state index in [4.69, 9.17) is 0 Å². The minimum atomic E-state index is -0.657. The Balaban J connectivity index is 1.79. The Morgan fingerprint density at radius 1 is 1.27 bits per heavy atom. The summed E-state index contributed by atoms with van der Waals surface area (Å²) in [6.07, 6.45) is 0. The molecule has 114 valence electrons. The van der Waals surface area contributed by atoms with Crippen LogP contribution in [-0.2, 0) is 0 Å². The number of aromatic hydroxyl groups is 1. The second-order valence-corrected chi connectivity index (χ2v) is 5.53. The van der Waals surface area contributed by atoms with Crippen LogP contribution in [0.4, 0.5) is 15.9 Å². The minimum Gasteiger partial charge on any atom is -0.504 e. The molecule has 1 fully saturated rings. The number of aromatic nitrogens is 2. The van der Waals surface area contributed by atoms with E-state index >= 15 is 0 Å². The maximum atomic E-state index is 13.5. The van der Waals surface area contributed by atoms with Gasteiger partial charge in [-0.3, -0.25) is 0 Å². The van der Waals surface area contributed by atoms with E-state index in [1.165, 1.54) is 6.07 Å². The van der Waals surface area contributed by atoms with E-state index in [0.717, 1.165) is 37.7 Å². The number of para-hydroxylation sites is 1. The first-order chi connectivity index (χ1) is 10.7. The third-order valence-corrected chi connectivity index (χ3v) is 4.20. The predicted molar refractivity (Wildman–Crippen MR) is 81.6 cm³/mol. The molecule has 7 heteroatoms. The van der Waals surface area contributed by atoms with Crippen molar-refractivity contribution in [3.8, 4) is 17.0 Å². The number of halogens is 1. The molecule has 0 spiro atoms. The van der Waals surface area contributed by atoms with E-state index in [9.17, 15) is 9.50 Å². The number of phenolic OH excluding ortho intramolecular Hbond substituents is 1. The molecular weight excluding hydrogens is 285 g/mol. The van der Waals surface area contributed by atoms with E-state index in [1.54, 1.807) is 12.1 Å². The van der Waals surface area contributed by atoms with Crippen LogP contribution in [0.25, 0.3) is 11.3 Å². The predicted octanol–water partition coefficient (Wildman–Crippen LogP) is 1.19. The van der Waals surface area contributed by atoms with Crippen molar-refractivity contribution in [1.29, 1.82) is 0 Å². The number of phenols is 1. The number of anilines is 2. The molecule has 4 rings (SSSR count). The fourth-order valence-electron chi connectivity index (χ4n) is 3.06. The van der Waals surface area contributed by atoms with Gasteiger partial charge in [0.1, 0.15) is 0 Å². The van der Waals surface area contributed by atoms with Gasteiger partial charge in [-0.05, 0) is 18.2 Å². The fourth-order valence-corrected chi connectivity index (χ4v) is 3.06. The first-order valence-corrected chi connectivity index (χ1v) is 7.31. The van der Waals surface area contributed by atoms with E-state index in [0.29, 0.717) is 17.3 Å². The third-order valence-electron chi connectivity index (χ3n) is 4.20. The molecule has 3 heterocycles. The van der Waals surface area contributed by atoms with E-state index in [1.807, 2.05) is 6.07 Å². The Kier molecular flexibility index (Phi) is 3.07. The lowest BCUT2D eigenvalue weighted by Crippen LogP contribution is -2.56. The van der Waals surface area contributed by atoms with Crippen LogP contribution >= 0.6 is 0 Å². The number of nitrogens with one attached hydrogen (secondary N) is 2. The van der Waals surface area contributed by atoms with Gasteiger partial charge in [0, 0.05) is 31.7 Å². The lowest BCUT2D eigenvalue weighted by molar-refractivity contribution is 0.434. The van der Waals surface area contributed by atoms with Crippen molar-refractivity contribution >= 4 is 11.5 Å². The maximum Gasteiger partial charge on any atom is 0.172 e. The first kappa shape index (κ1) is 13.3. The van der Waals surface area contributed by atoms with Crippen LogP contribution in [0.3, 0.4) is 0 Å². The number of rotatable bonds is 1. The summed E-state index contributed by atoms with van der Waals surface area (Å²) in [6.45, 7) is 3.53. The normalized spacial score (nSPS) is 20.0. The lowest BCUT2D eigenvalue weighted by Gasteiger charge is -2.42. The van der Waals surface area contributed by atoms with Gasteiger partial charge in [-0.15, -0.1) is 10.2 Å². The number of hydrogen-bond donors (Lipinski definition) is 3. The average molecular weight is 301 g/mol. The highest BCUT2D eigenvalue weighted by Crippen LogP contribution is 2.36. The lowest BCUT2D eigenvalue weighted by atomic mass is 10.1. The molecule has 3 N–H and O–H groups in total. The molecule has 0 bridgehead atoms. The maximum absolute atomic E-state index is 13.5. The highest BCUT2D eigenvalue weighted by molar-refractivity contribution is 5.76. The van der Waals surface area contributed by atoms with E-state index in [-0.39, 0.29) is 0 Å². The Bertz CT molecular complexity index is 723. The monoisotopic (exact) mass is 301 g/mol. The van der Waals surface area contributed by atoms with Gasteiger partial charge >= 0.3 is 0 Å². The van der Waals surface area contributed by atoms with Crippen molar-refractivity contribution in [3.63, 3.8) is 0 Å². The zero-order chi connectivity index (χ0) is 15.1. The Morgan fingerprint density at radius 2 is 2.18 bits per heavy atom. The Labute approximate surface area is 127 Å². The summed E-state index contributed by atoms with van der Waals surface area (Å²) in [7, 11) is 0. The summed E-state index contributed by atoms with van der Waals surface area (Å²) in [5, 5.41) is 24.9. The van der Waals surface area contributed by atoms with Crippen LogP contribution in [0.1, 0.15) is 0 Å². The van der Waals surface area contributed by atoms with Crippen molar-refractivity contribution in [2.75, 3.05) is 36.4 Å². The summed E-state index contributed by atoms with van der Waals surface area (Å²) < 4.78 is 13.5. The SMILES string of the molecule is Oc1c(F)cccc1-c1cc2c(nn1)NCC1CNCCN21. The zero-order valence-electron chi connectivity index (χ0n) is 11.9. The highest BCUT2D eigenvalue weighted by Gasteiger charge is 2.29. The van der Waals surface area contributed by atoms with Crippen LogP contribution in [-0.4, -0.2) is 47.5 Å². The largest absolute Gasteiger partial charge is 0.504 e. The Hall–Kier alpha value is -2.41. The van der Waals surface area contributed by atoms with Gasteiger partial charge < -0.3 is 20.6 Å². The van der Waals surface area contributed by atoms with Crippen molar-refractivity contribution < 1.29 is 9.50 Å². The van der Waals surface area contributed by atoms with Gasteiger partial charge in [-0.2, -0.15) is 0 Å². The van der Waals surface area contributed by atoms with Crippen molar-refractivity contribution in [1.82, 2.24) is 15.5 Å². The molecule has 6 nitrogen and oxygen atoms in total. The number of hydrogen-bond acceptors (Lipinski definition) is 6. The standard InChI is InChI=1S/C15H16FN5O/c16-11-3-1-2-10(14(11)22)12-6-13-15(20-19-12)18-8-9-7-17-4-5-21(9)13/h1-3,6,9,17,22H,4-5,7-8H2,(H,18,20). The molecule has 22 heavy (non-hydrogen) atoms. The molecule has 0 aliphatic carbocycles. The van der Waals surface area contributed by atoms with Crippen molar-refractivity contribution in [3.05, 3.63) is 30.1 Å². The van der Waals surface area contributed by atoms with E-state index < -0.39 is 11.6 Å². The van der Waals surface area contributed by atoms with Gasteiger partial charge in [-0.25, -0.2) is 4.39 Å². The molecule has 0 radical (unpaired) electrons. The number of benzene rings is 1. The van der Waals surface area contributed by atoms with Gasteiger partial charge in [0.2, 0.25) is 0 Å². The van der Waals surface area contributed by atoms with Crippen LogP contribution < -0.4 is 15.5 Å². The van der Waals surface area contributed by atoms with Gasteiger partial charge in [-0.1, -0.05) is 6.07 Å². The molecule has 1 aromatic carbocycles. The molecule has 1 saturated heterocycles. The number of nitrogens with zero attached hydrogens (tertiary/aromatic N) is 3. The topological polar surface area (TPSA) is 73.3 Å². The molecule has 0 amide bonds. The van der Waals surface area contributed by atoms with E-state index in [2.05, 4.69) is 25.7 Å². The van der Waals surface area contributed by atoms with Crippen LogP contribution in [0.5, 0.6) is 5.75 Å². The summed E-state index contributed by atoms with van der Waals surface area (Å²) in [5.74, 6) is -0.314. The molecule has 1 unspecified atom stereocenters. The smallest absolute Gasteiger partial charge is 0.172 e. The Morgan fingerprint density at radius 3 is 3.09 bits per heavy atom. The minimum absolute atomic E-state index is 0.354. The van der Waals surface area contributed by atoms with Crippen molar-refractivity contribution in [2.24, 2.45) is 0 Å². The van der Waals surface area contributed by atoms with Gasteiger partial charge in [0.25, 0.3) is 0 Å². The second kappa shape index (κ2) is 5.10. The molecule has 2 aliphatic rings.